The quantitative estimate of drug-likeness (QED) is 0.654. The van der Waals surface area contributed by atoms with Crippen molar-refractivity contribution in [2.75, 3.05) is 13.1 Å². The fraction of sp³-hybridized carbons (Fsp3) is 1.00. The van der Waals surface area contributed by atoms with Crippen molar-refractivity contribution in [1.29, 1.82) is 0 Å². The van der Waals surface area contributed by atoms with Gasteiger partial charge in [-0.15, -0.1) is 0 Å². The monoisotopic (exact) mass is 191 g/mol. The van der Waals surface area contributed by atoms with Gasteiger partial charge in [-0.1, -0.05) is 6.92 Å². The van der Waals surface area contributed by atoms with Crippen LogP contribution in [-0.4, -0.2) is 31.1 Å². The van der Waals surface area contributed by atoms with Gasteiger partial charge in [0.25, 0.3) is 0 Å². The molecule has 0 spiro atoms. The number of rotatable bonds is 2. The van der Waals surface area contributed by atoms with E-state index in [1.807, 2.05) is 0 Å². The van der Waals surface area contributed by atoms with E-state index in [9.17, 15) is 8.42 Å². The molecule has 0 radical (unpaired) electrons. The summed E-state index contributed by atoms with van der Waals surface area (Å²) in [6.07, 6.45) is 1.01. The number of sulfonamides is 1. The Morgan fingerprint density at radius 2 is 2.00 bits per heavy atom. The molecule has 0 N–H and O–H groups in total. The van der Waals surface area contributed by atoms with Crippen molar-refractivity contribution in [2.45, 2.75) is 32.4 Å². The first-order valence-corrected chi connectivity index (χ1v) is 5.94. The number of hydrogen-bond acceptors (Lipinski definition) is 2. The Bertz CT molecular complexity index is 246. The lowest BCUT2D eigenvalue weighted by atomic mass is 10.2. The summed E-state index contributed by atoms with van der Waals surface area (Å²) in [5.74, 6) is 0.526. The molecule has 1 atom stereocenters. The SMILES string of the molecule is CC1CCN(S(=O)(=O)C(C)C)C1. The molecule has 1 saturated heterocycles. The van der Waals surface area contributed by atoms with Crippen LogP contribution in [0.4, 0.5) is 0 Å². The van der Waals surface area contributed by atoms with Gasteiger partial charge in [0, 0.05) is 13.1 Å². The summed E-state index contributed by atoms with van der Waals surface area (Å²) in [5, 5.41) is -0.275. The van der Waals surface area contributed by atoms with E-state index in [0.717, 1.165) is 6.42 Å². The third-order valence-electron chi connectivity index (χ3n) is 2.34. The molecule has 0 aromatic heterocycles. The maximum absolute atomic E-state index is 11.6. The Morgan fingerprint density at radius 1 is 1.42 bits per heavy atom. The standard InChI is InChI=1S/C8H17NO2S/c1-7(2)12(10,11)9-5-4-8(3)6-9/h7-8H,4-6H2,1-3H3. The second-order valence-corrected chi connectivity index (χ2v) is 6.33. The van der Waals surface area contributed by atoms with Gasteiger partial charge < -0.3 is 0 Å². The molecule has 72 valence electrons. The van der Waals surface area contributed by atoms with Gasteiger partial charge in [0.05, 0.1) is 5.25 Å². The first-order chi connectivity index (χ1) is 5.44. The van der Waals surface area contributed by atoms with Crippen LogP contribution >= 0.6 is 0 Å². The van der Waals surface area contributed by atoms with Crippen LogP contribution in [0.1, 0.15) is 27.2 Å². The van der Waals surface area contributed by atoms with Crippen LogP contribution in [0.25, 0.3) is 0 Å². The molecule has 0 aromatic carbocycles. The molecule has 1 aliphatic rings. The van der Waals surface area contributed by atoms with Gasteiger partial charge >= 0.3 is 0 Å². The zero-order valence-electron chi connectivity index (χ0n) is 7.95. The van der Waals surface area contributed by atoms with Gasteiger partial charge in [-0.3, -0.25) is 0 Å². The van der Waals surface area contributed by atoms with Crippen LogP contribution in [0, 0.1) is 5.92 Å². The molecule has 0 aromatic rings. The fourth-order valence-corrected chi connectivity index (χ4v) is 2.84. The van der Waals surface area contributed by atoms with Crippen molar-refractivity contribution >= 4 is 10.0 Å². The van der Waals surface area contributed by atoms with E-state index in [4.69, 9.17) is 0 Å². The van der Waals surface area contributed by atoms with E-state index in [1.54, 1.807) is 18.2 Å². The molecule has 0 saturated carbocycles. The van der Waals surface area contributed by atoms with E-state index in [-0.39, 0.29) is 5.25 Å². The first-order valence-electron chi connectivity index (χ1n) is 4.43. The summed E-state index contributed by atoms with van der Waals surface area (Å²) < 4.78 is 24.8. The van der Waals surface area contributed by atoms with E-state index in [2.05, 4.69) is 6.92 Å². The molecule has 0 aliphatic carbocycles. The minimum absolute atomic E-state index is 0.275. The molecule has 1 aliphatic heterocycles. The van der Waals surface area contributed by atoms with Gasteiger partial charge in [-0.05, 0) is 26.2 Å². The van der Waals surface area contributed by atoms with Gasteiger partial charge in [0.2, 0.25) is 10.0 Å². The third-order valence-corrected chi connectivity index (χ3v) is 4.59. The van der Waals surface area contributed by atoms with Crippen molar-refractivity contribution in [1.82, 2.24) is 4.31 Å². The summed E-state index contributed by atoms with van der Waals surface area (Å²) in [4.78, 5) is 0. The Kier molecular flexibility index (Phi) is 2.78. The number of hydrogen-bond donors (Lipinski definition) is 0. The molecule has 3 nitrogen and oxygen atoms in total. The van der Waals surface area contributed by atoms with Crippen LogP contribution in [0.2, 0.25) is 0 Å². The molecule has 0 amide bonds. The predicted molar refractivity (Wildman–Crippen MR) is 49.4 cm³/mol. The highest BCUT2D eigenvalue weighted by Gasteiger charge is 2.30. The zero-order valence-corrected chi connectivity index (χ0v) is 8.76. The molecule has 1 unspecified atom stereocenters. The molecule has 12 heavy (non-hydrogen) atoms. The highest BCUT2D eigenvalue weighted by molar-refractivity contribution is 7.89. The van der Waals surface area contributed by atoms with Gasteiger partial charge in [-0.25, -0.2) is 12.7 Å². The van der Waals surface area contributed by atoms with E-state index in [0.29, 0.717) is 19.0 Å². The second-order valence-electron chi connectivity index (χ2n) is 3.85. The van der Waals surface area contributed by atoms with E-state index >= 15 is 0 Å². The Hall–Kier alpha value is -0.0900. The van der Waals surface area contributed by atoms with Crippen molar-refractivity contribution < 1.29 is 8.42 Å². The fourth-order valence-electron chi connectivity index (χ4n) is 1.42. The number of nitrogens with zero attached hydrogens (tertiary/aromatic N) is 1. The smallest absolute Gasteiger partial charge is 0.212 e. The summed E-state index contributed by atoms with van der Waals surface area (Å²) in [5.41, 5.74) is 0. The molecule has 4 heteroatoms. The Balaban J connectivity index is 2.71. The average Bonchev–Trinajstić information content (AvgIpc) is 2.35. The van der Waals surface area contributed by atoms with Crippen LogP contribution < -0.4 is 0 Å². The zero-order chi connectivity index (χ0) is 9.35. The summed E-state index contributed by atoms with van der Waals surface area (Å²) in [6, 6.07) is 0. The van der Waals surface area contributed by atoms with Crippen molar-refractivity contribution in [3.63, 3.8) is 0 Å². The third kappa shape index (κ3) is 1.80. The molecule has 1 rings (SSSR count). The highest BCUT2D eigenvalue weighted by Crippen LogP contribution is 2.20. The van der Waals surface area contributed by atoms with E-state index in [1.165, 1.54) is 0 Å². The topological polar surface area (TPSA) is 37.4 Å². The lowest BCUT2D eigenvalue weighted by Gasteiger charge is -2.18. The van der Waals surface area contributed by atoms with Crippen molar-refractivity contribution in [2.24, 2.45) is 5.92 Å². The maximum atomic E-state index is 11.6. The molecule has 1 fully saturated rings. The Labute approximate surface area is 74.8 Å². The molecular formula is C8H17NO2S. The van der Waals surface area contributed by atoms with Gasteiger partial charge in [0.1, 0.15) is 0 Å². The predicted octanol–water partition coefficient (Wildman–Crippen LogP) is 1.07. The van der Waals surface area contributed by atoms with Crippen molar-refractivity contribution in [3.05, 3.63) is 0 Å². The maximum Gasteiger partial charge on any atom is 0.216 e. The first kappa shape index (κ1) is 9.99. The largest absolute Gasteiger partial charge is 0.216 e. The Morgan fingerprint density at radius 3 is 2.33 bits per heavy atom. The van der Waals surface area contributed by atoms with Crippen molar-refractivity contribution in [3.8, 4) is 0 Å². The second kappa shape index (κ2) is 3.34. The minimum atomic E-state index is -2.98. The van der Waals surface area contributed by atoms with Gasteiger partial charge in [0.15, 0.2) is 0 Å². The summed E-state index contributed by atoms with van der Waals surface area (Å²) in [7, 11) is -2.98. The van der Waals surface area contributed by atoms with Gasteiger partial charge in [-0.2, -0.15) is 0 Å². The molecule has 1 heterocycles. The molecular weight excluding hydrogens is 174 g/mol. The molecule has 0 bridgehead atoms. The summed E-state index contributed by atoms with van der Waals surface area (Å²) in [6.45, 7) is 6.98. The summed E-state index contributed by atoms with van der Waals surface area (Å²) >= 11 is 0. The average molecular weight is 191 g/mol. The van der Waals surface area contributed by atoms with Crippen LogP contribution in [-0.2, 0) is 10.0 Å². The highest BCUT2D eigenvalue weighted by atomic mass is 32.2. The minimum Gasteiger partial charge on any atom is -0.212 e. The lowest BCUT2D eigenvalue weighted by molar-refractivity contribution is 0.458. The normalized spacial score (nSPS) is 26.8. The van der Waals surface area contributed by atoms with E-state index < -0.39 is 10.0 Å². The van der Waals surface area contributed by atoms with Crippen LogP contribution in [0.15, 0.2) is 0 Å². The van der Waals surface area contributed by atoms with Crippen LogP contribution in [0.5, 0.6) is 0 Å². The lowest BCUT2D eigenvalue weighted by Crippen LogP contribution is -2.34. The van der Waals surface area contributed by atoms with Crippen LogP contribution in [0.3, 0.4) is 0 Å².